The zero-order chi connectivity index (χ0) is 68.5. The minimum absolute atomic E-state index is 0.175. The van der Waals surface area contributed by atoms with Crippen molar-refractivity contribution in [2.75, 3.05) is 24.7 Å². The number of nitrogens with zero attached hydrogens (tertiary/aromatic N) is 8. The molecule has 6 rings (SSSR count). The molecule has 24 heteroatoms. The smallest absolute Gasteiger partial charge is 0.444 e. The number of pyridine rings is 4. The molecule has 2 atom stereocenters. The first-order valence-corrected chi connectivity index (χ1v) is 37.6. The van der Waals surface area contributed by atoms with Crippen molar-refractivity contribution in [2.24, 2.45) is 0 Å². The van der Waals surface area contributed by atoms with Crippen LogP contribution in [0.2, 0.25) is 33.2 Å². The normalized spacial score (nSPS) is 12.6. The fourth-order valence-corrected chi connectivity index (χ4v) is 23.0. The molecule has 6 heterocycles. The minimum Gasteiger partial charge on any atom is -0.444 e. The van der Waals surface area contributed by atoms with Crippen molar-refractivity contribution >= 4 is 130 Å². The Morgan fingerprint density at radius 2 is 0.944 bits per heavy atom. The summed E-state index contributed by atoms with van der Waals surface area (Å²) in [5, 5.41) is 25.3. The third-order valence-electron chi connectivity index (χ3n) is 16.1. The molecule has 0 radical (unpaired) electrons. The van der Waals surface area contributed by atoms with Gasteiger partial charge in [-0.1, -0.05) is 101 Å². The van der Waals surface area contributed by atoms with Crippen molar-refractivity contribution in [3.05, 3.63) is 96.3 Å². The fourth-order valence-electron chi connectivity index (χ4n) is 11.1. The van der Waals surface area contributed by atoms with E-state index in [-0.39, 0.29) is 22.9 Å². The number of amides is 4. The molecule has 6 aromatic heterocycles. The van der Waals surface area contributed by atoms with E-state index in [0.29, 0.717) is 49.4 Å². The summed E-state index contributed by atoms with van der Waals surface area (Å²) in [7, 11) is -2.90. The summed E-state index contributed by atoms with van der Waals surface area (Å²) >= 11 is 9.33. The number of rotatable bonds is 14. The summed E-state index contributed by atoms with van der Waals surface area (Å²) in [6.07, 6.45) is 2.84. The van der Waals surface area contributed by atoms with Crippen LogP contribution < -0.4 is 16.1 Å². The number of aryl methyl sites for hydroxylation is 2. The van der Waals surface area contributed by atoms with Crippen LogP contribution in [0, 0.1) is 40.5 Å². The minimum atomic E-state index is -2.09. The quantitative estimate of drug-likeness (QED) is 0.0455. The van der Waals surface area contributed by atoms with Crippen LogP contribution in [-0.4, -0.2) is 133 Å². The van der Waals surface area contributed by atoms with E-state index in [1.807, 2.05) is 41.9 Å². The summed E-state index contributed by atoms with van der Waals surface area (Å²) in [5.41, 5.74) is 15.2. The van der Waals surface area contributed by atoms with E-state index in [0.717, 1.165) is 36.4 Å². The van der Waals surface area contributed by atoms with Gasteiger partial charge in [-0.05, 0) is 211 Å². The van der Waals surface area contributed by atoms with Crippen molar-refractivity contribution in [3.63, 3.8) is 0 Å². The number of halogens is 3. The summed E-state index contributed by atoms with van der Waals surface area (Å²) in [4.78, 5) is 71.8. The number of hydrogen-bond donors (Lipinski definition) is 4. The Morgan fingerprint density at radius 1 is 0.578 bits per heavy atom. The summed E-state index contributed by atoms with van der Waals surface area (Å²) in [5.74, 6) is 6.36. The van der Waals surface area contributed by atoms with Crippen molar-refractivity contribution in [2.45, 2.75) is 209 Å². The van der Waals surface area contributed by atoms with Crippen LogP contribution in [0.3, 0.4) is 0 Å². The number of carbonyl (C=O) groups is 4. The second kappa shape index (κ2) is 31.8. The van der Waals surface area contributed by atoms with Gasteiger partial charge < -0.3 is 30.2 Å². The Labute approximate surface area is 567 Å². The first-order valence-electron chi connectivity index (χ1n) is 30.4. The lowest BCUT2D eigenvalue weighted by Gasteiger charge is -2.38. The molecule has 2 unspecified atom stereocenters. The highest BCUT2D eigenvalue weighted by atomic mass is 127. The number of likely N-dealkylation sites (N-methyl/N-ethyl adjacent to an activating group) is 2. The van der Waals surface area contributed by atoms with Gasteiger partial charge >= 0.3 is 19.3 Å². The van der Waals surface area contributed by atoms with Gasteiger partial charge in [0.2, 0.25) is 11.8 Å². The van der Waals surface area contributed by atoms with Crippen molar-refractivity contribution in [1.29, 1.82) is 0 Å². The Kier molecular flexibility index (Phi) is 27.2. The Hall–Kier alpha value is -5.61. The molecule has 0 aromatic carbocycles. The van der Waals surface area contributed by atoms with Gasteiger partial charge in [-0.2, -0.15) is 0 Å². The van der Waals surface area contributed by atoms with Crippen LogP contribution in [-0.2, 0) is 19.1 Å². The number of aromatic nitrogens is 6. The molecule has 0 aliphatic heterocycles. The summed E-state index contributed by atoms with van der Waals surface area (Å²) < 4.78 is 17.5. The number of imidazole rings is 2. The summed E-state index contributed by atoms with van der Waals surface area (Å²) in [6, 6.07) is 13.2. The van der Waals surface area contributed by atoms with Gasteiger partial charge in [0.05, 0.1) is 5.69 Å². The maximum atomic E-state index is 13.2. The van der Waals surface area contributed by atoms with E-state index in [2.05, 4.69) is 205 Å². The molecule has 90 heavy (non-hydrogen) atoms. The molecule has 0 aliphatic rings. The van der Waals surface area contributed by atoms with Gasteiger partial charge in [0.1, 0.15) is 86.7 Å². The molecule has 18 nitrogen and oxygen atoms in total. The average Bonchev–Trinajstić information content (AvgIpc) is 1.52. The van der Waals surface area contributed by atoms with Gasteiger partial charge in [0, 0.05) is 37.5 Å². The number of anilines is 2. The van der Waals surface area contributed by atoms with Gasteiger partial charge in [-0.3, -0.25) is 28.2 Å². The monoisotopic (exact) mass is 1510 g/mol. The molecule has 0 spiro atoms. The molecule has 4 N–H and O–H groups in total. The predicted molar refractivity (Wildman–Crippen MR) is 385 cm³/mol. The number of hydrogen-bond acceptors (Lipinski definition) is 12. The van der Waals surface area contributed by atoms with E-state index in [9.17, 15) is 29.2 Å². The van der Waals surface area contributed by atoms with Gasteiger partial charge in [-0.15, -0.1) is 11.1 Å². The first-order chi connectivity index (χ1) is 41.5. The van der Waals surface area contributed by atoms with E-state index in [4.69, 9.17) is 19.4 Å². The summed E-state index contributed by atoms with van der Waals surface area (Å²) in [6.45, 7) is 44.7. The lowest BCUT2D eigenvalue weighted by molar-refractivity contribution is -0.121. The van der Waals surface area contributed by atoms with E-state index in [1.54, 1.807) is 68.5 Å². The first kappa shape index (κ1) is 76.8. The molecule has 4 amide bonds. The highest BCUT2D eigenvalue weighted by Gasteiger charge is 2.43. The third-order valence-corrected chi connectivity index (χ3v) is 31.5. The van der Waals surface area contributed by atoms with Crippen LogP contribution in [0.5, 0.6) is 0 Å². The van der Waals surface area contributed by atoms with Gasteiger partial charge in [-0.25, -0.2) is 29.5 Å². The Morgan fingerprint density at radius 3 is 1.34 bits per heavy atom. The van der Waals surface area contributed by atoms with E-state index < -0.39 is 64.6 Å². The van der Waals surface area contributed by atoms with Gasteiger partial charge in [0.15, 0.2) is 0 Å². The highest BCUT2D eigenvalue weighted by molar-refractivity contribution is 14.1. The molecular formula is C66H94BBr2IN10O8Si2. The predicted octanol–water partition coefficient (Wildman–Crippen LogP) is 14.8. The van der Waals surface area contributed by atoms with Crippen LogP contribution in [0.4, 0.5) is 21.2 Å². The second-order valence-corrected chi connectivity index (χ2v) is 40.4. The average molecular weight is 1510 g/mol. The van der Waals surface area contributed by atoms with Crippen molar-refractivity contribution in [3.8, 4) is 34.2 Å². The molecule has 488 valence electrons. The maximum Gasteiger partial charge on any atom is 0.491 e. The highest BCUT2D eigenvalue weighted by Crippen LogP contribution is 2.42. The molecule has 0 bridgehead atoms. The zero-order valence-corrected chi connectivity index (χ0v) is 64.4. The largest absolute Gasteiger partial charge is 0.491 e. The topological polar surface area (TPSA) is 218 Å². The van der Waals surface area contributed by atoms with Gasteiger partial charge in [0.25, 0.3) is 0 Å². The molecule has 0 saturated carbocycles. The fraction of sp³-hybridized carbons (Fsp3) is 0.515. The number of carbonyl (C=O) groups excluding carboxylic acids is 4. The third kappa shape index (κ3) is 19.2. The van der Waals surface area contributed by atoms with Crippen LogP contribution >= 0.6 is 54.5 Å². The second-order valence-electron chi connectivity index (χ2n) is 26.7. The van der Waals surface area contributed by atoms with Crippen LogP contribution in [0.25, 0.3) is 22.6 Å². The van der Waals surface area contributed by atoms with E-state index >= 15 is 0 Å². The molecular weight excluding hydrogens is 1410 g/mol. The zero-order valence-electron chi connectivity index (χ0n) is 57.0. The van der Waals surface area contributed by atoms with Crippen molar-refractivity contribution < 1.29 is 38.7 Å². The maximum absolute atomic E-state index is 13.2. The molecule has 0 aliphatic carbocycles. The molecule has 0 saturated heterocycles. The number of ether oxygens (including phenoxy) is 2. The van der Waals surface area contributed by atoms with E-state index in [1.165, 1.54) is 34.5 Å². The Balaban J connectivity index is 0.000000327. The SMILES string of the molecule is CC(C(=O)Nc1ccc(B(O)O)c(C#C[Si](C(C)C)(C(C)C)C(C)C)n1)N(C)C(=O)OC(C)(C)C.Cc1ccn2c(-c3ccc(NC(=O)C(C)N(C)C(=O)OC(C)(C)C)nc3C#C[Si](C(C)C)(C(C)C)C(C)C)c(Br)nc2c1.Cc1ccn2c(I)c(Br)nc2c1. The van der Waals surface area contributed by atoms with Crippen LogP contribution in [0.1, 0.15) is 161 Å². The van der Waals surface area contributed by atoms with Crippen LogP contribution in [0.15, 0.2) is 70.1 Å². The number of nitrogens with one attached hydrogen (secondary N) is 2. The van der Waals surface area contributed by atoms with Crippen molar-refractivity contribution in [1.82, 2.24) is 38.5 Å². The lowest BCUT2D eigenvalue weighted by atomic mass is 9.79. The Bertz CT molecular complexity index is 3620. The number of fused-ring (bicyclic) bond motifs is 2. The lowest BCUT2D eigenvalue weighted by Crippen LogP contribution is -2.45. The standard InChI is InChI=1S/C33H46BrN5O3Si.C25H42BN3O5Si.C8H6BrIN2/c1-20(2)43(21(3)4,22(5)6)18-16-26-25(29-30(34)37-28-19-23(7)15-17-39(28)29)13-14-27(35-26)36-31(40)24(8)38(12)32(41)42-33(9,10)11;1-16(2)35(17(3)4,18(5)6)15-14-21-20(26(32)33)12-13-22(27-21)28-23(30)19(7)29(11)24(31)34-25(8,9)10;1-5-2-3-12-6(4-5)11-7(9)8(12)10/h13-15,17,19-22,24H,1-12H3,(H,35,36,40);12-13,16-19,32-33H,1-11H3,(H,27,28,30);2-4H,1H3. The molecule has 0 fully saturated rings. The molecule has 6 aromatic rings.